The highest BCUT2D eigenvalue weighted by Gasteiger charge is 2.47. The van der Waals surface area contributed by atoms with E-state index in [-0.39, 0.29) is 0 Å². The molecule has 3 nitrogen and oxygen atoms in total. The van der Waals surface area contributed by atoms with Gasteiger partial charge in [-0.2, -0.15) is 0 Å². The molecule has 1 aliphatic carbocycles. The summed E-state index contributed by atoms with van der Waals surface area (Å²) in [5, 5.41) is 0. The minimum Gasteiger partial charge on any atom is -0.301 e. The molecular weight excluding hydrogens is 294 g/mol. The molecule has 1 saturated carbocycles. The van der Waals surface area contributed by atoms with Crippen LogP contribution >= 0.6 is 0 Å². The van der Waals surface area contributed by atoms with Crippen molar-refractivity contribution in [3.63, 3.8) is 0 Å². The van der Waals surface area contributed by atoms with Crippen molar-refractivity contribution in [1.29, 1.82) is 0 Å². The Balaban J connectivity index is 1.30. The van der Waals surface area contributed by atoms with Crippen LogP contribution < -0.4 is 0 Å². The summed E-state index contributed by atoms with van der Waals surface area (Å²) in [5.74, 6) is 1.99. The molecule has 2 atom stereocenters. The quantitative estimate of drug-likeness (QED) is 0.784. The van der Waals surface area contributed by atoms with Crippen molar-refractivity contribution in [3.05, 3.63) is 0 Å². The maximum absolute atomic E-state index is 2.92. The van der Waals surface area contributed by atoms with Crippen molar-refractivity contribution in [2.45, 2.75) is 77.9 Å². The lowest BCUT2D eigenvalue weighted by Gasteiger charge is -2.41. The summed E-state index contributed by atoms with van der Waals surface area (Å²) in [5.41, 5.74) is 0.674. The van der Waals surface area contributed by atoms with Crippen molar-refractivity contribution >= 4 is 0 Å². The number of hydrogen-bond acceptors (Lipinski definition) is 3. The topological polar surface area (TPSA) is 9.72 Å². The summed E-state index contributed by atoms with van der Waals surface area (Å²) in [7, 11) is 0. The van der Waals surface area contributed by atoms with Crippen LogP contribution in [0.5, 0.6) is 0 Å². The minimum absolute atomic E-state index is 0.674. The van der Waals surface area contributed by atoms with Crippen molar-refractivity contribution < 1.29 is 0 Å². The number of hydrogen-bond donors (Lipinski definition) is 0. The molecule has 138 valence electrons. The van der Waals surface area contributed by atoms with Crippen LogP contribution in [0.3, 0.4) is 0 Å². The molecule has 0 aromatic heterocycles. The Morgan fingerprint density at radius 1 is 0.750 bits per heavy atom. The fourth-order valence-electron chi connectivity index (χ4n) is 6.23. The van der Waals surface area contributed by atoms with Gasteiger partial charge in [0.15, 0.2) is 0 Å². The average molecular weight is 334 g/mol. The van der Waals surface area contributed by atoms with Gasteiger partial charge in [-0.05, 0) is 96.7 Å². The van der Waals surface area contributed by atoms with Gasteiger partial charge in [0, 0.05) is 37.8 Å². The number of nitrogens with zero attached hydrogens (tertiary/aromatic N) is 3. The number of likely N-dealkylation sites (tertiary alicyclic amines) is 3. The van der Waals surface area contributed by atoms with E-state index >= 15 is 0 Å². The van der Waals surface area contributed by atoms with Gasteiger partial charge in [0.05, 0.1) is 0 Å². The summed E-state index contributed by atoms with van der Waals surface area (Å²) in [6.07, 6.45) is 7.35. The highest BCUT2D eigenvalue weighted by atomic mass is 15.2. The molecule has 3 heterocycles. The van der Waals surface area contributed by atoms with E-state index in [2.05, 4.69) is 42.4 Å². The Labute approximate surface area is 149 Å². The first-order chi connectivity index (χ1) is 11.5. The third-order valence-corrected chi connectivity index (χ3v) is 8.06. The van der Waals surface area contributed by atoms with Crippen LogP contribution in [-0.2, 0) is 0 Å². The van der Waals surface area contributed by atoms with Gasteiger partial charge in [0.2, 0.25) is 0 Å². The maximum Gasteiger partial charge on any atom is 0.0102 e. The largest absolute Gasteiger partial charge is 0.301 e. The zero-order valence-corrected chi connectivity index (χ0v) is 16.5. The van der Waals surface area contributed by atoms with Crippen LogP contribution in [0, 0.1) is 17.3 Å². The Kier molecular flexibility index (Phi) is 4.73. The molecule has 0 radical (unpaired) electrons. The SMILES string of the molecule is CC(C)N1CCC2(CC1)CCN(C1CC3CN(C(C)C)CC3C1)C2. The molecule has 3 aliphatic heterocycles. The molecule has 0 amide bonds. The Hall–Kier alpha value is -0.120. The van der Waals surface area contributed by atoms with Gasteiger partial charge in [-0.1, -0.05) is 0 Å². The highest BCUT2D eigenvalue weighted by Crippen LogP contribution is 2.46. The van der Waals surface area contributed by atoms with Gasteiger partial charge in [-0.25, -0.2) is 0 Å². The second-order valence-corrected chi connectivity index (χ2v) is 10.0. The molecule has 0 N–H and O–H groups in total. The van der Waals surface area contributed by atoms with Crippen molar-refractivity contribution in [3.8, 4) is 0 Å². The first-order valence-electron chi connectivity index (χ1n) is 10.7. The van der Waals surface area contributed by atoms with Gasteiger partial charge < -0.3 is 9.80 Å². The van der Waals surface area contributed by atoms with Crippen LogP contribution in [0.2, 0.25) is 0 Å². The summed E-state index contributed by atoms with van der Waals surface area (Å²) in [6.45, 7) is 17.7. The standard InChI is InChI=1S/C21H39N3/c1-16(2)22-8-5-21(6-9-22)7-10-23(15-21)20-11-18-13-24(17(3)4)14-19(18)12-20/h16-20H,5-15H2,1-4H3. The molecule has 3 heteroatoms. The second-order valence-electron chi connectivity index (χ2n) is 10.0. The van der Waals surface area contributed by atoms with E-state index in [0.29, 0.717) is 5.41 Å². The smallest absolute Gasteiger partial charge is 0.0102 e. The average Bonchev–Trinajstić information content (AvgIpc) is 3.20. The van der Waals surface area contributed by atoms with Crippen LogP contribution in [-0.4, -0.2) is 72.1 Å². The van der Waals surface area contributed by atoms with Gasteiger partial charge in [0.25, 0.3) is 0 Å². The summed E-state index contributed by atoms with van der Waals surface area (Å²) in [4.78, 5) is 8.33. The first kappa shape index (κ1) is 17.3. The Bertz CT molecular complexity index is 424. The van der Waals surface area contributed by atoms with Crippen LogP contribution in [0.25, 0.3) is 0 Å². The maximum atomic E-state index is 2.92. The normalized spacial score (nSPS) is 38.0. The lowest BCUT2D eigenvalue weighted by atomic mass is 9.77. The third kappa shape index (κ3) is 3.17. The zero-order chi connectivity index (χ0) is 16.9. The van der Waals surface area contributed by atoms with E-state index in [1.165, 1.54) is 71.4 Å². The lowest BCUT2D eigenvalue weighted by Crippen LogP contribution is -2.45. The predicted octanol–water partition coefficient (Wildman–Crippen LogP) is 3.30. The molecule has 3 saturated heterocycles. The van der Waals surface area contributed by atoms with Crippen molar-refractivity contribution in [2.24, 2.45) is 17.3 Å². The third-order valence-electron chi connectivity index (χ3n) is 8.06. The Morgan fingerprint density at radius 2 is 1.29 bits per heavy atom. The molecule has 2 unspecified atom stereocenters. The second kappa shape index (κ2) is 6.55. The molecule has 0 aromatic carbocycles. The minimum atomic E-state index is 0.674. The van der Waals surface area contributed by atoms with E-state index < -0.39 is 0 Å². The van der Waals surface area contributed by atoms with Crippen LogP contribution in [0.15, 0.2) is 0 Å². The van der Waals surface area contributed by atoms with E-state index in [4.69, 9.17) is 0 Å². The lowest BCUT2D eigenvalue weighted by molar-refractivity contribution is 0.0809. The Morgan fingerprint density at radius 3 is 1.83 bits per heavy atom. The summed E-state index contributed by atoms with van der Waals surface area (Å²) >= 11 is 0. The van der Waals surface area contributed by atoms with Crippen molar-refractivity contribution in [2.75, 3.05) is 39.3 Å². The highest BCUT2D eigenvalue weighted by molar-refractivity contribution is 5.01. The van der Waals surface area contributed by atoms with Gasteiger partial charge in [-0.3, -0.25) is 4.90 Å². The van der Waals surface area contributed by atoms with Crippen LogP contribution in [0.1, 0.15) is 59.8 Å². The number of fused-ring (bicyclic) bond motifs is 1. The monoisotopic (exact) mass is 333 g/mol. The molecule has 4 fully saturated rings. The molecule has 4 aliphatic rings. The summed E-state index contributed by atoms with van der Waals surface area (Å²) < 4.78 is 0. The van der Waals surface area contributed by atoms with E-state index in [0.717, 1.165) is 30.0 Å². The molecule has 1 spiro atoms. The molecular formula is C21H39N3. The van der Waals surface area contributed by atoms with Gasteiger partial charge in [0.1, 0.15) is 0 Å². The zero-order valence-electron chi connectivity index (χ0n) is 16.5. The van der Waals surface area contributed by atoms with E-state index in [1.807, 2.05) is 0 Å². The van der Waals surface area contributed by atoms with Gasteiger partial charge in [-0.15, -0.1) is 0 Å². The number of rotatable bonds is 3. The molecule has 4 rings (SSSR count). The first-order valence-corrected chi connectivity index (χ1v) is 10.7. The number of piperidine rings is 1. The molecule has 0 bridgehead atoms. The van der Waals surface area contributed by atoms with Crippen molar-refractivity contribution in [1.82, 2.24) is 14.7 Å². The van der Waals surface area contributed by atoms with Gasteiger partial charge >= 0.3 is 0 Å². The van der Waals surface area contributed by atoms with Crippen LogP contribution in [0.4, 0.5) is 0 Å². The summed E-state index contributed by atoms with van der Waals surface area (Å²) in [6, 6.07) is 2.39. The fraction of sp³-hybridized carbons (Fsp3) is 1.00. The molecule has 24 heavy (non-hydrogen) atoms. The van der Waals surface area contributed by atoms with E-state index in [1.54, 1.807) is 0 Å². The predicted molar refractivity (Wildman–Crippen MR) is 101 cm³/mol. The fourth-order valence-corrected chi connectivity index (χ4v) is 6.23. The van der Waals surface area contributed by atoms with E-state index in [9.17, 15) is 0 Å². The molecule has 0 aromatic rings.